The molecular formula is C17H18F3N3O3. The largest absolute Gasteiger partial charge is 0.481 e. The highest BCUT2D eigenvalue weighted by atomic mass is 19.4. The molecule has 2 aromatic rings. The van der Waals surface area contributed by atoms with Crippen LogP contribution in [0.3, 0.4) is 0 Å². The minimum Gasteiger partial charge on any atom is -0.481 e. The van der Waals surface area contributed by atoms with Crippen LogP contribution in [0.2, 0.25) is 0 Å². The Hall–Kier alpha value is -2.84. The van der Waals surface area contributed by atoms with E-state index in [0.29, 0.717) is 5.69 Å². The van der Waals surface area contributed by atoms with E-state index in [0.717, 1.165) is 12.1 Å². The quantitative estimate of drug-likeness (QED) is 0.879. The van der Waals surface area contributed by atoms with Crippen LogP contribution < -0.4 is 0 Å². The van der Waals surface area contributed by atoms with Crippen molar-refractivity contribution in [1.82, 2.24) is 14.7 Å². The van der Waals surface area contributed by atoms with Crippen LogP contribution in [0.1, 0.15) is 28.5 Å². The highest BCUT2D eigenvalue weighted by Crippen LogP contribution is 2.30. The Morgan fingerprint density at radius 2 is 2.00 bits per heavy atom. The first-order chi connectivity index (χ1) is 12.0. The second-order valence-electron chi connectivity index (χ2n) is 6.03. The number of halogens is 3. The molecule has 0 aliphatic heterocycles. The van der Waals surface area contributed by atoms with Crippen LogP contribution in [0, 0.1) is 12.8 Å². The standard InChI is InChI=1S/C17H18F3N3O3/c1-10(16(25)26)9-22(3)15(24)14-8-21-23(11(14)2)13-6-4-5-12(7-13)17(18,19)20/h4-8,10H,9H2,1-3H3,(H,25,26). The highest BCUT2D eigenvalue weighted by molar-refractivity contribution is 5.95. The van der Waals surface area contributed by atoms with Crippen molar-refractivity contribution >= 4 is 11.9 Å². The summed E-state index contributed by atoms with van der Waals surface area (Å²) in [7, 11) is 1.46. The maximum atomic E-state index is 12.9. The van der Waals surface area contributed by atoms with E-state index in [1.165, 1.54) is 41.9 Å². The van der Waals surface area contributed by atoms with Gasteiger partial charge in [-0.2, -0.15) is 18.3 Å². The summed E-state index contributed by atoms with van der Waals surface area (Å²) in [5.74, 6) is -2.22. The fourth-order valence-corrected chi connectivity index (χ4v) is 2.47. The Kier molecular flexibility index (Phi) is 5.38. The van der Waals surface area contributed by atoms with Gasteiger partial charge < -0.3 is 10.0 Å². The number of alkyl halides is 3. The number of aromatic nitrogens is 2. The van der Waals surface area contributed by atoms with Gasteiger partial charge in [-0.15, -0.1) is 0 Å². The van der Waals surface area contributed by atoms with Gasteiger partial charge in [0.2, 0.25) is 0 Å². The van der Waals surface area contributed by atoms with Crippen LogP contribution in [0.25, 0.3) is 5.69 Å². The summed E-state index contributed by atoms with van der Waals surface area (Å²) in [6.07, 6.45) is -3.22. The van der Waals surface area contributed by atoms with Crippen molar-refractivity contribution < 1.29 is 27.9 Å². The predicted octanol–water partition coefficient (Wildman–Crippen LogP) is 2.99. The summed E-state index contributed by atoms with van der Waals surface area (Å²) in [6.45, 7) is 3.04. The molecule has 0 saturated carbocycles. The summed E-state index contributed by atoms with van der Waals surface area (Å²) in [5, 5.41) is 12.9. The van der Waals surface area contributed by atoms with E-state index in [1.807, 2.05) is 0 Å². The molecule has 0 fully saturated rings. The third kappa shape index (κ3) is 4.04. The third-order valence-corrected chi connectivity index (χ3v) is 3.97. The van der Waals surface area contributed by atoms with E-state index in [1.54, 1.807) is 6.92 Å². The first-order valence-corrected chi connectivity index (χ1v) is 7.73. The summed E-state index contributed by atoms with van der Waals surface area (Å²) < 4.78 is 39.9. The van der Waals surface area contributed by atoms with Crippen LogP contribution in [0.4, 0.5) is 13.2 Å². The smallest absolute Gasteiger partial charge is 0.416 e. The second kappa shape index (κ2) is 7.19. The Morgan fingerprint density at radius 1 is 1.35 bits per heavy atom. The average Bonchev–Trinajstić information content (AvgIpc) is 2.94. The topological polar surface area (TPSA) is 75.4 Å². The molecule has 1 aromatic carbocycles. The number of amides is 1. The molecule has 26 heavy (non-hydrogen) atoms. The van der Waals surface area contributed by atoms with Crippen molar-refractivity contribution in [3.63, 3.8) is 0 Å². The number of rotatable bonds is 5. The molecule has 2 rings (SSSR count). The molecule has 1 amide bonds. The number of carboxylic acids is 1. The van der Waals surface area contributed by atoms with Crippen LogP contribution in [-0.4, -0.2) is 45.3 Å². The number of hydrogen-bond donors (Lipinski definition) is 1. The summed E-state index contributed by atoms with van der Waals surface area (Å²) >= 11 is 0. The second-order valence-corrected chi connectivity index (χ2v) is 6.03. The van der Waals surface area contributed by atoms with Crippen LogP contribution in [-0.2, 0) is 11.0 Å². The lowest BCUT2D eigenvalue weighted by Gasteiger charge is -2.19. The zero-order chi connectivity index (χ0) is 19.6. The first-order valence-electron chi connectivity index (χ1n) is 7.73. The van der Waals surface area contributed by atoms with E-state index in [4.69, 9.17) is 5.11 Å². The van der Waals surface area contributed by atoms with Gasteiger partial charge in [0, 0.05) is 13.6 Å². The molecule has 1 unspecified atom stereocenters. The maximum Gasteiger partial charge on any atom is 0.416 e. The van der Waals surface area contributed by atoms with Crippen molar-refractivity contribution in [3.8, 4) is 5.69 Å². The zero-order valence-corrected chi connectivity index (χ0v) is 14.4. The molecule has 6 nitrogen and oxygen atoms in total. The predicted molar refractivity (Wildman–Crippen MR) is 87.1 cm³/mol. The van der Waals surface area contributed by atoms with Gasteiger partial charge in [-0.05, 0) is 25.1 Å². The van der Waals surface area contributed by atoms with Gasteiger partial charge in [0.25, 0.3) is 5.91 Å². The molecule has 1 aromatic heterocycles. The monoisotopic (exact) mass is 369 g/mol. The molecule has 0 aliphatic carbocycles. The number of carbonyl (C=O) groups is 2. The molecule has 0 saturated heterocycles. The average molecular weight is 369 g/mol. The minimum absolute atomic E-state index is 0.00233. The number of carboxylic acid groups (broad SMARTS) is 1. The molecule has 140 valence electrons. The Morgan fingerprint density at radius 3 is 2.58 bits per heavy atom. The van der Waals surface area contributed by atoms with Crippen molar-refractivity contribution in [3.05, 3.63) is 47.3 Å². The lowest BCUT2D eigenvalue weighted by molar-refractivity contribution is -0.141. The van der Waals surface area contributed by atoms with Gasteiger partial charge >= 0.3 is 12.1 Å². The van der Waals surface area contributed by atoms with Gasteiger partial charge in [0.05, 0.1) is 34.6 Å². The SMILES string of the molecule is Cc1c(C(=O)N(C)CC(C)C(=O)O)cnn1-c1cccc(C(F)(F)F)c1. The molecule has 1 atom stereocenters. The summed E-state index contributed by atoms with van der Waals surface area (Å²) in [4.78, 5) is 24.7. The Balaban J connectivity index is 2.30. The van der Waals surface area contributed by atoms with E-state index in [9.17, 15) is 22.8 Å². The van der Waals surface area contributed by atoms with Gasteiger partial charge in [0.1, 0.15) is 0 Å². The maximum absolute atomic E-state index is 12.9. The number of nitrogens with zero attached hydrogens (tertiary/aromatic N) is 3. The number of carbonyl (C=O) groups excluding carboxylic acids is 1. The van der Waals surface area contributed by atoms with E-state index >= 15 is 0 Å². The number of aliphatic carboxylic acids is 1. The van der Waals surface area contributed by atoms with Crippen LogP contribution in [0.15, 0.2) is 30.5 Å². The van der Waals surface area contributed by atoms with E-state index in [2.05, 4.69) is 5.10 Å². The van der Waals surface area contributed by atoms with Gasteiger partial charge in [0.15, 0.2) is 0 Å². The molecule has 0 radical (unpaired) electrons. The summed E-state index contributed by atoms with van der Waals surface area (Å²) in [6, 6.07) is 4.63. The minimum atomic E-state index is -4.48. The van der Waals surface area contributed by atoms with Gasteiger partial charge in [-0.3, -0.25) is 9.59 Å². The van der Waals surface area contributed by atoms with E-state index < -0.39 is 29.5 Å². The van der Waals surface area contributed by atoms with Crippen molar-refractivity contribution in [2.45, 2.75) is 20.0 Å². The van der Waals surface area contributed by atoms with Crippen molar-refractivity contribution in [2.75, 3.05) is 13.6 Å². The first kappa shape index (κ1) is 19.5. The fraction of sp³-hybridized carbons (Fsp3) is 0.353. The summed E-state index contributed by atoms with van der Waals surface area (Å²) in [5.41, 5.74) is -0.0743. The molecule has 9 heteroatoms. The number of hydrogen-bond acceptors (Lipinski definition) is 3. The van der Waals surface area contributed by atoms with Gasteiger partial charge in [-0.25, -0.2) is 4.68 Å². The Bertz CT molecular complexity index is 830. The van der Waals surface area contributed by atoms with Crippen molar-refractivity contribution in [2.24, 2.45) is 5.92 Å². The third-order valence-electron chi connectivity index (χ3n) is 3.97. The lowest BCUT2D eigenvalue weighted by atomic mass is 10.1. The number of benzene rings is 1. The van der Waals surface area contributed by atoms with E-state index in [-0.39, 0.29) is 17.8 Å². The molecular weight excluding hydrogens is 351 g/mol. The molecule has 0 aliphatic rings. The fourth-order valence-electron chi connectivity index (χ4n) is 2.47. The molecule has 0 bridgehead atoms. The zero-order valence-electron chi connectivity index (χ0n) is 14.4. The normalized spacial score (nSPS) is 12.7. The molecule has 0 spiro atoms. The molecule has 1 heterocycles. The van der Waals surface area contributed by atoms with Crippen LogP contribution in [0.5, 0.6) is 0 Å². The highest BCUT2D eigenvalue weighted by Gasteiger charge is 2.31. The van der Waals surface area contributed by atoms with Crippen LogP contribution >= 0.6 is 0 Å². The molecule has 1 N–H and O–H groups in total. The van der Waals surface area contributed by atoms with Gasteiger partial charge in [-0.1, -0.05) is 13.0 Å². The lowest BCUT2D eigenvalue weighted by Crippen LogP contribution is -2.33. The Labute approximate surface area is 147 Å². The van der Waals surface area contributed by atoms with Crippen molar-refractivity contribution in [1.29, 1.82) is 0 Å².